The van der Waals surface area contributed by atoms with Gasteiger partial charge in [-0.25, -0.2) is 0 Å². The molecule has 1 aliphatic rings. The summed E-state index contributed by atoms with van der Waals surface area (Å²) in [5, 5.41) is 0. The van der Waals surface area contributed by atoms with Gasteiger partial charge in [-0.3, -0.25) is 4.79 Å². The molecule has 0 aliphatic carbocycles. The summed E-state index contributed by atoms with van der Waals surface area (Å²) in [6.07, 6.45) is 4.78. The summed E-state index contributed by atoms with van der Waals surface area (Å²) >= 11 is 0. The second-order valence-corrected chi connectivity index (χ2v) is 4.63. The third-order valence-corrected chi connectivity index (χ3v) is 3.20. The number of nitrogens with two attached hydrogens (primary N) is 1. The molecule has 1 heterocycles. The number of hydrogen-bond acceptors (Lipinski definition) is 3. The maximum Gasteiger partial charge on any atom is 0.265 e. The molecule has 0 aromatic heterocycles. The number of anilines is 1. The Labute approximate surface area is 113 Å². The minimum Gasteiger partial charge on any atom is -0.482 e. The van der Waals surface area contributed by atoms with E-state index in [4.69, 9.17) is 10.5 Å². The molecule has 0 fully saturated rings. The van der Waals surface area contributed by atoms with Crippen LogP contribution in [0.4, 0.5) is 5.69 Å². The van der Waals surface area contributed by atoms with Gasteiger partial charge >= 0.3 is 0 Å². The van der Waals surface area contributed by atoms with Gasteiger partial charge in [-0.15, -0.1) is 6.58 Å². The maximum absolute atomic E-state index is 11.9. The van der Waals surface area contributed by atoms with Gasteiger partial charge in [-0.05, 0) is 43.5 Å². The van der Waals surface area contributed by atoms with E-state index in [2.05, 4.69) is 12.6 Å². The molecule has 1 aliphatic heterocycles. The fourth-order valence-electron chi connectivity index (χ4n) is 2.21. The summed E-state index contributed by atoms with van der Waals surface area (Å²) < 4.78 is 5.45. The second-order valence-electron chi connectivity index (χ2n) is 4.63. The molecule has 0 unspecified atom stereocenters. The fourth-order valence-corrected chi connectivity index (χ4v) is 2.21. The van der Waals surface area contributed by atoms with Crippen molar-refractivity contribution in [2.75, 3.05) is 24.6 Å². The molecule has 0 saturated heterocycles. The van der Waals surface area contributed by atoms with Crippen LogP contribution in [0.3, 0.4) is 0 Å². The van der Waals surface area contributed by atoms with Crippen LogP contribution < -0.4 is 15.4 Å². The lowest BCUT2D eigenvalue weighted by atomic mass is 10.1. The molecule has 0 saturated carbocycles. The molecule has 0 bridgehead atoms. The Bertz CT molecular complexity index is 471. The van der Waals surface area contributed by atoms with Crippen LogP contribution in [0.15, 0.2) is 30.9 Å². The first kappa shape index (κ1) is 13.6. The van der Waals surface area contributed by atoms with E-state index in [1.54, 1.807) is 11.0 Å². The molecule has 0 atom stereocenters. The highest BCUT2D eigenvalue weighted by molar-refractivity contribution is 5.98. The van der Waals surface area contributed by atoms with Gasteiger partial charge in [-0.1, -0.05) is 12.1 Å². The Morgan fingerprint density at radius 2 is 2.26 bits per heavy atom. The van der Waals surface area contributed by atoms with Crippen LogP contribution in [0.1, 0.15) is 18.4 Å². The average molecular weight is 260 g/mol. The average Bonchev–Trinajstić information content (AvgIpc) is 2.42. The van der Waals surface area contributed by atoms with Crippen LogP contribution >= 0.6 is 0 Å². The van der Waals surface area contributed by atoms with Crippen molar-refractivity contribution in [3.8, 4) is 5.75 Å². The zero-order chi connectivity index (χ0) is 13.7. The Kier molecular flexibility index (Phi) is 4.58. The number of carbonyl (C=O) groups is 1. The van der Waals surface area contributed by atoms with Crippen molar-refractivity contribution in [1.29, 1.82) is 0 Å². The maximum atomic E-state index is 11.9. The van der Waals surface area contributed by atoms with E-state index in [0.717, 1.165) is 37.2 Å². The van der Waals surface area contributed by atoms with Gasteiger partial charge in [-0.2, -0.15) is 0 Å². The number of nitrogens with zero attached hydrogens (tertiary/aromatic N) is 1. The monoisotopic (exact) mass is 260 g/mol. The van der Waals surface area contributed by atoms with E-state index in [1.165, 1.54) is 5.56 Å². The quantitative estimate of drug-likeness (QED) is 0.627. The van der Waals surface area contributed by atoms with Crippen LogP contribution in [0.25, 0.3) is 0 Å². The molecule has 1 amide bonds. The van der Waals surface area contributed by atoms with Crippen LogP contribution in [0.5, 0.6) is 5.75 Å². The van der Waals surface area contributed by atoms with Crippen LogP contribution in [-0.4, -0.2) is 25.6 Å². The second kappa shape index (κ2) is 6.38. The normalized spacial score (nSPS) is 13.9. The molecule has 0 radical (unpaired) electrons. The molecule has 2 rings (SSSR count). The number of unbranched alkanes of at least 4 members (excludes halogenated alkanes) is 1. The molecule has 1 aromatic rings. The molecule has 102 valence electrons. The Morgan fingerprint density at radius 1 is 1.42 bits per heavy atom. The molecule has 1 aromatic carbocycles. The van der Waals surface area contributed by atoms with Crippen molar-refractivity contribution in [3.63, 3.8) is 0 Å². The number of benzene rings is 1. The molecule has 4 heteroatoms. The van der Waals surface area contributed by atoms with Gasteiger partial charge in [0, 0.05) is 6.54 Å². The van der Waals surface area contributed by atoms with Gasteiger partial charge in [0.2, 0.25) is 0 Å². The van der Waals surface area contributed by atoms with Crippen LogP contribution in [0, 0.1) is 0 Å². The smallest absolute Gasteiger partial charge is 0.265 e. The van der Waals surface area contributed by atoms with Crippen molar-refractivity contribution in [1.82, 2.24) is 0 Å². The predicted molar refractivity (Wildman–Crippen MR) is 76.5 cm³/mol. The summed E-state index contributed by atoms with van der Waals surface area (Å²) in [6.45, 7) is 5.03. The summed E-state index contributed by atoms with van der Waals surface area (Å²) in [6, 6.07) is 6.03. The van der Waals surface area contributed by atoms with E-state index >= 15 is 0 Å². The number of amides is 1. The first-order valence-corrected chi connectivity index (χ1v) is 6.63. The van der Waals surface area contributed by atoms with Crippen molar-refractivity contribution >= 4 is 11.6 Å². The highest BCUT2D eigenvalue weighted by Crippen LogP contribution is 2.33. The van der Waals surface area contributed by atoms with Gasteiger partial charge in [0.25, 0.3) is 5.91 Å². The summed E-state index contributed by atoms with van der Waals surface area (Å²) in [7, 11) is 0. The van der Waals surface area contributed by atoms with Crippen molar-refractivity contribution in [3.05, 3.63) is 36.4 Å². The summed E-state index contributed by atoms with van der Waals surface area (Å²) in [4.78, 5) is 13.6. The first-order valence-electron chi connectivity index (χ1n) is 6.63. The number of carbonyl (C=O) groups excluding carboxylic acids is 1. The van der Waals surface area contributed by atoms with E-state index in [9.17, 15) is 4.79 Å². The molecule has 0 spiro atoms. The summed E-state index contributed by atoms with van der Waals surface area (Å²) in [5.41, 5.74) is 7.56. The van der Waals surface area contributed by atoms with Crippen molar-refractivity contribution in [2.45, 2.75) is 19.3 Å². The van der Waals surface area contributed by atoms with Crippen molar-refractivity contribution in [2.24, 2.45) is 5.73 Å². The number of hydrogen-bond donors (Lipinski definition) is 1. The lowest BCUT2D eigenvalue weighted by molar-refractivity contribution is -0.121. The highest BCUT2D eigenvalue weighted by atomic mass is 16.5. The largest absolute Gasteiger partial charge is 0.482 e. The minimum atomic E-state index is -0.0218. The van der Waals surface area contributed by atoms with E-state index in [1.807, 2.05) is 12.1 Å². The zero-order valence-electron chi connectivity index (χ0n) is 11.1. The summed E-state index contributed by atoms with van der Waals surface area (Å²) in [5.74, 6) is 0.746. The molecule has 2 N–H and O–H groups in total. The number of rotatable bonds is 6. The van der Waals surface area contributed by atoms with Crippen LogP contribution in [0.2, 0.25) is 0 Å². The SMILES string of the molecule is C=CCN1C(=O)COc2ccc(CCCCN)cc21. The van der Waals surface area contributed by atoms with E-state index in [-0.39, 0.29) is 12.5 Å². The van der Waals surface area contributed by atoms with E-state index < -0.39 is 0 Å². The third kappa shape index (κ3) is 3.15. The molecule has 19 heavy (non-hydrogen) atoms. The Hall–Kier alpha value is -1.81. The highest BCUT2D eigenvalue weighted by Gasteiger charge is 2.24. The Balaban J connectivity index is 2.20. The zero-order valence-corrected chi connectivity index (χ0v) is 11.1. The minimum absolute atomic E-state index is 0.0218. The van der Waals surface area contributed by atoms with Crippen molar-refractivity contribution < 1.29 is 9.53 Å². The standard InChI is InChI=1S/C15H20N2O2/c1-2-9-17-13-10-12(5-3-4-8-16)6-7-14(13)19-11-15(17)18/h2,6-7,10H,1,3-5,8-9,11,16H2. The fraction of sp³-hybridized carbons (Fsp3) is 0.400. The topological polar surface area (TPSA) is 55.6 Å². The lowest BCUT2D eigenvalue weighted by Gasteiger charge is -2.29. The van der Waals surface area contributed by atoms with Gasteiger partial charge < -0.3 is 15.4 Å². The molecular formula is C15H20N2O2. The molecular weight excluding hydrogens is 240 g/mol. The lowest BCUT2D eigenvalue weighted by Crippen LogP contribution is -2.38. The third-order valence-electron chi connectivity index (χ3n) is 3.20. The Morgan fingerprint density at radius 3 is 3.00 bits per heavy atom. The number of ether oxygens (including phenoxy) is 1. The number of fused-ring (bicyclic) bond motifs is 1. The number of aryl methyl sites for hydroxylation is 1. The van der Waals surface area contributed by atoms with E-state index in [0.29, 0.717) is 6.54 Å². The van der Waals surface area contributed by atoms with Crippen LogP contribution in [-0.2, 0) is 11.2 Å². The first-order chi connectivity index (χ1) is 9.26. The van der Waals surface area contributed by atoms with Gasteiger partial charge in [0.1, 0.15) is 5.75 Å². The molecule has 4 nitrogen and oxygen atoms in total. The van der Waals surface area contributed by atoms with Gasteiger partial charge in [0.05, 0.1) is 5.69 Å². The van der Waals surface area contributed by atoms with Gasteiger partial charge in [0.15, 0.2) is 6.61 Å². The predicted octanol–water partition coefficient (Wildman–Crippen LogP) is 1.88.